The van der Waals surface area contributed by atoms with Crippen molar-refractivity contribution >= 4 is 37.4 Å². The molecule has 0 saturated carbocycles. The second-order valence-electron chi connectivity index (χ2n) is 0. The molecule has 0 fully saturated rings. The zero-order valence-electron chi connectivity index (χ0n) is 0.687. The molecule has 0 atom stereocenters. The molecule has 0 aliphatic heterocycles. The van der Waals surface area contributed by atoms with Gasteiger partial charge in [-0.1, -0.05) is 0 Å². The minimum atomic E-state index is 0. The van der Waals surface area contributed by atoms with Crippen molar-refractivity contribution in [2.75, 3.05) is 0 Å². The zero-order valence-corrected chi connectivity index (χ0v) is 2.83. The maximum absolute atomic E-state index is 0. The van der Waals surface area contributed by atoms with Gasteiger partial charge in [-0.15, -0.1) is 0 Å². The van der Waals surface area contributed by atoms with E-state index in [2.05, 4.69) is 0 Å². The second kappa shape index (κ2) is 18.9. The van der Waals surface area contributed by atoms with Crippen molar-refractivity contribution in [1.82, 2.24) is 0 Å². The summed E-state index contributed by atoms with van der Waals surface area (Å²) in [6, 6.07) is 0. The first kappa shape index (κ1) is 34.6. The molecule has 1 radical (unpaired) electrons. The van der Waals surface area contributed by atoms with Crippen LogP contribution in [-0.2, 0) is 33.8 Å². The third-order valence-corrected chi connectivity index (χ3v) is 0. The van der Waals surface area contributed by atoms with Gasteiger partial charge in [-0.3, -0.25) is 0 Å². The number of rotatable bonds is 0. The van der Waals surface area contributed by atoms with E-state index in [1.165, 1.54) is 0 Å². The van der Waals surface area contributed by atoms with Gasteiger partial charge in [0.2, 0.25) is 0 Å². The molecule has 0 heterocycles. The van der Waals surface area contributed by atoms with E-state index < -0.39 is 0 Å². The van der Waals surface area contributed by atoms with Crippen LogP contribution in [0.3, 0.4) is 0 Å². The molecule has 0 aliphatic carbocycles. The molecule has 4 heavy (non-hydrogen) atoms. The third-order valence-electron chi connectivity index (χ3n) is 0. The molecule has 0 aromatic heterocycles. The Hall–Kier alpha value is 2.21. The van der Waals surface area contributed by atoms with E-state index in [1.54, 1.807) is 0 Å². The molecule has 0 unspecified atom stereocenters. The van der Waals surface area contributed by atoms with Crippen LogP contribution in [-0.4, -0.2) is 37.4 Å². The Labute approximate surface area is 70.6 Å². The number of hydrogen-bond acceptors (Lipinski definition) is 0. The first-order valence-electron chi connectivity index (χ1n) is 0. The summed E-state index contributed by atoms with van der Waals surface area (Å²) >= 11 is 0. The second-order valence-corrected chi connectivity index (χ2v) is 0. The van der Waals surface area contributed by atoms with Crippen molar-refractivity contribution in [2.24, 2.45) is 0 Å². The average Bonchev–Trinajstić information content (AvgIpc) is 0. The van der Waals surface area contributed by atoms with E-state index in [-0.39, 0.29) is 71.2 Å². The first-order valence-corrected chi connectivity index (χ1v) is 0. The molecule has 0 aromatic carbocycles. The van der Waals surface area contributed by atoms with E-state index in [0.29, 0.717) is 0 Å². The van der Waals surface area contributed by atoms with Crippen LogP contribution in [0.1, 0.15) is 0 Å². The predicted octanol–water partition coefficient (Wildman–Crippen LogP) is -2.64. The first-order chi connectivity index (χ1) is 0. The van der Waals surface area contributed by atoms with Crippen LogP contribution in [0.5, 0.6) is 0 Å². The van der Waals surface area contributed by atoms with E-state index in [0.717, 1.165) is 0 Å². The molecule has 0 aromatic rings. The van der Waals surface area contributed by atoms with Gasteiger partial charge in [-0.2, -0.15) is 0 Å². The monoisotopic (exact) mass is 265 g/mol. The van der Waals surface area contributed by atoms with Crippen molar-refractivity contribution in [1.29, 1.82) is 0 Å². The Morgan fingerprint density at radius 1 is 1.00 bits per heavy atom. The van der Waals surface area contributed by atoms with E-state index in [9.17, 15) is 0 Å². The van der Waals surface area contributed by atoms with Crippen LogP contribution < -0.4 is 0 Å². The van der Waals surface area contributed by atoms with E-state index in [1.807, 2.05) is 0 Å². The molecule has 0 N–H and O–H groups in total. The van der Waals surface area contributed by atoms with Crippen molar-refractivity contribution in [3.8, 4) is 0 Å². The summed E-state index contributed by atoms with van der Waals surface area (Å²) in [5.74, 6) is 0. The van der Waals surface area contributed by atoms with Crippen molar-refractivity contribution < 1.29 is 33.8 Å². The van der Waals surface area contributed by atoms with Crippen LogP contribution >= 0.6 is 0 Å². The Kier molecular flexibility index (Phi) is 164. The average molecular weight is 264 g/mol. The van der Waals surface area contributed by atoms with E-state index >= 15 is 0 Å². The van der Waals surface area contributed by atoms with Crippen LogP contribution in [0, 0.1) is 0 Å². The summed E-state index contributed by atoms with van der Waals surface area (Å²) < 4.78 is 0. The van der Waals surface area contributed by atoms with Gasteiger partial charge in [0, 0.05) is 33.8 Å². The Bertz CT molecular complexity index is 8.00. The van der Waals surface area contributed by atoms with Gasteiger partial charge in [-0.05, 0) is 0 Å². The van der Waals surface area contributed by atoms with Crippen LogP contribution in [0.2, 0.25) is 0 Å². The molecule has 0 amide bonds. The van der Waals surface area contributed by atoms with Gasteiger partial charge < -0.3 is 0 Å². The summed E-state index contributed by atoms with van der Waals surface area (Å²) in [6.45, 7) is 0. The normalized spacial score (nSPS) is 0. The van der Waals surface area contributed by atoms with Crippen LogP contribution in [0.15, 0.2) is 0 Å². The van der Waals surface area contributed by atoms with Gasteiger partial charge in [-0.25, -0.2) is 0 Å². The molecule has 0 rings (SSSR count). The summed E-state index contributed by atoms with van der Waals surface area (Å²) in [5, 5.41) is 0. The van der Waals surface area contributed by atoms with Gasteiger partial charge in [0.05, 0.1) is 0 Å². The van der Waals surface area contributed by atoms with Crippen LogP contribution in [0.25, 0.3) is 0 Å². The zero-order chi connectivity index (χ0) is 0. The summed E-state index contributed by atoms with van der Waals surface area (Å²) in [5.41, 5.74) is 0. The summed E-state index contributed by atoms with van der Waals surface area (Å²) in [4.78, 5) is 0. The fourth-order valence-corrected chi connectivity index (χ4v) is 0. The Morgan fingerprint density at radius 3 is 1.00 bits per heavy atom. The van der Waals surface area contributed by atoms with Gasteiger partial charge in [0.15, 0.2) is 0 Å². The Balaban J connectivity index is 0. The molecular weight excluding hydrogens is 257 g/mol. The van der Waals surface area contributed by atoms with Crippen molar-refractivity contribution in [3.05, 3.63) is 0 Å². The van der Waals surface area contributed by atoms with Crippen molar-refractivity contribution in [2.45, 2.75) is 0 Å². The fraction of sp³-hybridized carbons (Fsp3) is 0. The SMILES string of the molecule is [Co].[Fe].[GaH3].[GeH4]. The minimum absolute atomic E-state index is 0. The topological polar surface area (TPSA) is 0 Å². The van der Waals surface area contributed by atoms with E-state index in [4.69, 9.17) is 0 Å². The molecule has 0 spiro atoms. The molecule has 4 heteroatoms. The van der Waals surface area contributed by atoms with Gasteiger partial charge in [0.25, 0.3) is 0 Å². The quantitative estimate of drug-likeness (QED) is 0.420. The number of hydrogen-bond donors (Lipinski definition) is 0. The molecule has 0 aliphatic rings. The summed E-state index contributed by atoms with van der Waals surface area (Å²) in [6.07, 6.45) is 0. The standard InChI is InChI=1S/Co.Fe.Ga.GeH4.3H/h;;;1H4;;;. The predicted molar refractivity (Wildman–Crippen MR) is 21.3 cm³/mol. The van der Waals surface area contributed by atoms with Gasteiger partial charge >= 0.3 is 37.4 Å². The molecule has 31 valence electrons. The van der Waals surface area contributed by atoms with Gasteiger partial charge in [0.1, 0.15) is 0 Å². The molecular formula is H7CoFeGaGe. The molecule has 0 saturated heterocycles. The van der Waals surface area contributed by atoms with Crippen LogP contribution in [0.4, 0.5) is 0 Å². The maximum atomic E-state index is 0. The molecule has 0 nitrogen and oxygen atoms in total. The molecule has 0 bridgehead atoms. The summed E-state index contributed by atoms with van der Waals surface area (Å²) in [7, 11) is 0. The third kappa shape index (κ3) is 8.88. The Morgan fingerprint density at radius 2 is 1.00 bits per heavy atom. The van der Waals surface area contributed by atoms with Crippen molar-refractivity contribution in [3.63, 3.8) is 0 Å². The fourth-order valence-electron chi connectivity index (χ4n) is 0.